The Balaban J connectivity index is -0.000000140. The van der Waals surface area contributed by atoms with Gasteiger partial charge >= 0.3 is 0 Å². The van der Waals surface area contributed by atoms with E-state index in [1.165, 1.54) is 92.6 Å². The monoisotopic (exact) mass is 786 g/mol. The number of hydrogen-bond donors (Lipinski definition) is 0. The number of carbonyl (C=O) groups is 8. The first kappa shape index (κ1) is 61.1. The molecule has 2 aromatic carbocycles. The molecule has 0 atom stereocenters. The fourth-order valence-corrected chi connectivity index (χ4v) is 2.96. The van der Waals surface area contributed by atoms with Crippen LogP contribution < -0.4 is 4.90 Å². The number of rotatable bonds is 3. The second-order valence-electron chi connectivity index (χ2n) is 9.99. The van der Waals surface area contributed by atoms with Crippen molar-refractivity contribution in [3.63, 3.8) is 0 Å². The first-order chi connectivity index (χ1) is 20.6. The molecule has 8 amide bonds. The van der Waals surface area contributed by atoms with Gasteiger partial charge in [-0.05, 0) is 36.6 Å². The zero-order valence-corrected chi connectivity index (χ0v) is 32.6. The van der Waals surface area contributed by atoms with Gasteiger partial charge in [0.25, 0.3) is 0 Å². The smallest absolute Gasteiger partial charge is 0.230 e. The van der Waals surface area contributed by atoms with Crippen molar-refractivity contribution < 1.29 is 189 Å². The largest absolute Gasteiger partial charge is 0.286 e. The van der Waals surface area contributed by atoms with Crippen molar-refractivity contribution in [1.82, 2.24) is 14.7 Å². The number of anilines is 1. The molecule has 0 heterocycles. The summed E-state index contributed by atoms with van der Waals surface area (Å²) in [6.45, 7) is 12.9. The molecule has 2 rings (SSSR count). The molecule has 0 saturated heterocycles. The Bertz CT molecular complexity index is 1240. The Morgan fingerprint density at radius 1 is 0.408 bits per heavy atom. The van der Waals surface area contributed by atoms with Crippen LogP contribution >= 0.6 is 0 Å². The average molecular weight is 787 g/mol. The number of aryl methyl sites for hydroxylation is 1. The predicted octanol–water partition coefficient (Wildman–Crippen LogP) is 3.52. The summed E-state index contributed by atoms with van der Waals surface area (Å²) in [7, 11) is 4.35. The molecule has 49 heavy (non-hydrogen) atoms. The maximum Gasteiger partial charge on any atom is 0.230 e. The molecule has 0 aliphatic rings. The normalized spacial score (nSPS) is 8.49. The molecule has 0 spiro atoms. The van der Waals surface area contributed by atoms with Crippen LogP contribution in [0.4, 0.5) is 5.69 Å². The third-order valence-electron chi connectivity index (χ3n) is 6.19. The second-order valence-corrected chi connectivity index (χ2v) is 9.99. The molecule has 0 unspecified atom stereocenters. The van der Waals surface area contributed by atoms with E-state index in [1.807, 2.05) is 24.3 Å². The van der Waals surface area contributed by atoms with Gasteiger partial charge in [-0.3, -0.25) is 58.0 Å². The SMILES string of the molecule is CC(=O)N(C(C)=O)c1ccc(Cc2ccc(C)cc2)cc1.CC(=O)N(C)C(C)=O.CC(=O)N(C)C(C)=O.CC(=O)N(C)C(C)=O.[Ar].[Ar].[Ar].[Ar]. The van der Waals surface area contributed by atoms with Crippen LogP contribution in [0.2, 0.25) is 0 Å². The minimum absolute atomic E-state index is 0. The summed E-state index contributed by atoms with van der Waals surface area (Å²) in [5.41, 5.74) is 4.24. The van der Waals surface area contributed by atoms with E-state index in [-0.39, 0.29) is 198 Å². The Labute approximate surface area is 410 Å². The Hall–Kier alpha value is 0.0390. The molecule has 12 nitrogen and oxygen atoms in total. The fourth-order valence-electron chi connectivity index (χ4n) is 2.96. The van der Waals surface area contributed by atoms with Gasteiger partial charge < -0.3 is 0 Å². The molecule has 16 heteroatoms. The van der Waals surface area contributed by atoms with Gasteiger partial charge in [-0.2, -0.15) is 0 Å². The molecule has 278 valence electrons. The zero-order chi connectivity index (χ0) is 35.6. The van der Waals surface area contributed by atoms with Crippen molar-refractivity contribution >= 4 is 52.9 Å². The Morgan fingerprint density at radius 3 is 0.816 bits per heavy atom. The molecule has 0 radical (unpaired) electrons. The van der Waals surface area contributed by atoms with Crippen LogP contribution in [0.5, 0.6) is 0 Å². The molecular formula is C33H46Ar4N4O8. The molecule has 0 bridgehead atoms. The van der Waals surface area contributed by atoms with Gasteiger partial charge in [0.15, 0.2) is 0 Å². The Kier molecular flexibility index (Phi) is 40.7. The fraction of sp³-hybridized carbons (Fsp3) is 0.394. The van der Waals surface area contributed by atoms with Gasteiger partial charge in [0.1, 0.15) is 0 Å². The van der Waals surface area contributed by atoms with Crippen molar-refractivity contribution in [3.8, 4) is 0 Å². The summed E-state index contributed by atoms with van der Waals surface area (Å²) in [5, 5.41) is 0. The number of benzene rings is 2. The summed E-state index contributed by atoms with van der Waals surface area (Å²) < 4.78 is 0. The third kappa shape index (κ3) is 28.2. The summed E-state index contributed by atoms with van der Waals surface area (Å²) in [6.07, 6.45) is 0.834. The van der Waals surface area contributed by atoms with E-state index in [0.29, 0.717) is 5.69 Å². The first-order valence-electron chi connectivity index (χ1n) is 13.8. The Morgan fingerprint density at radius 2 is 0.633 bits per heavy atom. The number of imide groups is 4. The molecule has 0 aliphatic carbocycles. The molecule has 2 aromatic rings. The standard InChI is InChI=1S/C18H19NO2.3C5H9NO2.4Ar/c1-13-4-6-16(7-5-13)12-17-8-10-18(11-9-17)19(14(2)20)15(3)21;3*1-4(7)6(3)5(2)8;;;;/h4-11H,12H2,1-3H3;3*1-3H3;;;;. The van der Waals surface area contributed by atoms with Crippen LogP contribution in [0.1, 0.15) is 72.1 Å². The number of nitrogens with zero attached hydrogens (tertiary/aromatic N) is 4. The van der Waals surface area contributed by atoms with E-state index in [9.17, 15) is 38.4 Å². The van der Waals surface area contributed by atoms with Gasteiger partial charge in [-0.1, -0.05) is 42.0 Å². The minimum atomic E-state index is -0.270. The molecule has 0 N–H and O–H groups in total. The van der Waals surface area contributed by atoms with Crippen molar-refractivity contribution in [2.24, 2.45) is 0 Å². The van der Waals surface area contributed by atoms with Gasteiger partial charge in [-0.25, -0.2) is 0 Å². The average Bonchev–Trinajstić information content (AvgIpc) is 2.94. The van der Waals surface area contributed by atoms with E-state index < -0.39 is 0 Å². The summed E-state index contributed by atoms with van der Waals surface area (Å²) in [4.78, 5) is 89.1. The number of hydrogen-bond acceptors (Lipinski definition) is 8. The number of amides is 8. The molecule has 0 aromatic heterocycles. The van der Waals surface area contributed by atoms with E-state index in [0.717, 1.165) is 26.7 Å². The van der Waals surface area contributed by atoms with Crippen molar-refractivity contribution in [3.05, 3.63) is 65.2 Å². The molecule has 0 saturated carbocycles. The predicted molar refractivity (Wildman–Crippen MR) is 172 cm³/mol. The van der Waals surface area contributed by atoms with Crippen molar-refractivity contribution in [1.29, 1.82) is 0 Å². The quantitative estimate of drug-likeness (QED) is 0.459. The summed E-state index contributed by atoms with van der Waals surface area (Å²) >= 11 is 0. The van der Waals surface area contributed by atoms with Crippen LogP contribution in [0.3, 0.4) is 0 Å². The van der Waals surface area contributed by atoms with Gasteiger partial charge in [0.2, 0.25) is 47.3 Å². The maximum atomic E-state index is 11.5. The summed E-state index contributed by atoms with van der Waals surface area (Å²) in [5.74, 6) is -1.89. The summed E-state index contributed by atoms with van der Waals surface area (Å²) in [6, 6.07) is 15.9. The molecular weight excluding hydrogens is 740 g/mol. The van der Waals surface area contributed by atoms with Crippen LogP contribution in [0, 0.1) is 158 Å². The second kappa shape index (κ2) is 32.7. The topological polar surface area (TPSA) is 150 Å². The van der Waals surface area contributed by atoms with Crippen LogP contribution in [-0.2, 0) is 44.8 Å². The van der Waals surface area contributed by atoms with E-state index in [1.54, 1.807) is 0 Å². The van der Waals surface area contributed by atoms with E-state index in [2.05, 4.69) is 31.2 Å². The van der Waals surface area contributed by atoms with Gasteiger partial charge in [0.05, 0.1) is 5.69 Å². The zero-order valence-electron chi connectivity index (χ0n) is 29.8. The van der Waals surface area contributed by atoms with Crippen LogP contribution in [0.25, 0.3) is 0 Å². The number of carbonyl (C=O) groups excluding carboxylic acids is 8. The van der Waals surface area contributed by atoms with Crippen molar-refractivity contribution in [2.45, 2.75) is 68.7 Å². The van der Waals surface area contributed by atoms with Crippen molar-refractivity contribution in [2.75, 3.05) is 26.0 Å². The molecule has 0 aliphatic heterocycles. The minimum Gasteiger partial charge on any atom is -0.286 e. The van der Waals surface area contributed by atoms with Crippen LogP contribution in [0.15, 0.2) is 48.5 Å². The van der Waals surface area contributed by atoms with Gasteiger partial charge in [0, 0.05) is 227 Å². The van der Waals surface area contributed by atoms with E-state index >= 15 is 0 Å². The maximum absolute atomic E-state index is 11.5. The van der Waals surface area contributed by atoms with Gasteiger partial charge in [-0.15, -0.1) is 0 Å². The third-order valence-corrected chi connectivity index (χ3v) is 6.19. The first-order valence-corrected chi connectivity index (χ1v) is 13.8. The van der Waals surface area contributed by atoms with E-state index in [4.69, 9.17) is 0 Å². The molecule has 0 fully saturated rings. The van der Waals surface area contributed by atoms with Crippen LogP contribution in [-0.4, -0.2) is 83.1 Å².